The van der Waals surface area contributed by atoms with Crippen molar-refractivity contribution >= 4 is 36.6 Å². The number of nitrogens with zero attached hydrogens (tertiary/aromatic N) is 1. The third kappa shape index (κ3) is 4.15. The van der Waals surface area contributed by atoms with Crippen LogP contribution in [-0.2, 0) is 25.3 Å². The predicted octanol–water partition coefficient (Wildman–Crippen LogP) is 2.29. The lowest BCUT2D eigenvalue weighted by Crippen LogP contribution is -1.93. The van der Waals surface area contributed by atoms with Crippen molar-refractivity contribution in [2.45, 2.75) is 0 Å². The van der Waals surface area contributed by atoms with Crippen molar-refractivity contribution < 1.29 is 4.92 Å². The molecule has 0 fully saturated rings. The van der Waals surface area contributed by atoms with Gasteiger partial charge in [-0.2, -0.15) is 0 Å². The Bertz CT molecular complexity index is 997. The quantitative estimate of drug-likeness (QED) is 0.282. The molecule has 2 aromatic carbocycles. The second-order valence-electron chi connectivity index (χ2n) is 4.50. The molecule has 2 N–H and O–H groups in total. The number of nitro benzene ring substituents is 1. The van der Waals surface area contributed by atoms with Crippen LogP contribution in [-0.4, -0.2) is 4.92 Å². The van der Waals surface area contributed by atoms with Crippen LogP contribution in [0.4, 0.5) is 11.4 Å². The zero-order chi connectivity index (χ0) is 17.5. The van der Waals surface area contributed by atoms with E-state index in [2.05, 4.69) is 59.4 Å². The number of anilines is 1. The van der Waals surface area contributed by atoms with Gasteiger partial charge < -0.3 is 31.0 Å². The highest BCUT2D eigenvalue weighted by Crippen LogP contribution is 2.19. The number of rotatable bonds is 1. The van der Waals surface area contributed by atoms with Crippen molar-refractivity contribution in [2.75, 3.05) is 5.73 Å². The van der Waals surface area contributed by atoms with Gasteiger partial charge in [-0.3, -0.25) is 10.1 Å². The van der Waals surface area contributed by atoms with Crippen LogP contribution in [0.3, 0.4) is 0 Å². The minimum Gasteiger partial charge on any atom is -0.724 e. The van der Waals surface area contributed by atoms with Crippen LogP contribution >= 0.6 is 0 Å². The second-order valence-corrected chi connectivity index (χ2v) is 4.90. The molecule has 0 aromatic heterocycles. The fraction of sp³-hybridized carbons (Fsp3) is 0. The molecule has 4 nitrogen and oxygen atoms in total. The fourth-order valence-electron chi connectivity index (χ4n) is 1.87. The first-order valence-corrected chi connectivity index (χ1v) is 7.33. The van der Waals surface area contributed by atoms with Gasteiger partial charge in [0.1, 0.15) is 5.56 Å². The average molecular weight is 348 g/mol. The number of hydrogen-bond acceptors (Lipinski definition) is 5. The van der Waals surface area contributed by atoms with Crippen molar-refractivity contribution in [1.82, 2.24) is 0 Å². The Morgan fingerprint density at radius 1 is 0.875 bits per heavy atom. The molecule has 116 valence electrons. The van der Waals surface area contributed by atoms with Gasteiger partial charge in [0.2, 0.25) is 0 Å². The van der Waals surface area contributed by atoms with Crippen molar-refractivity contribution in [3.63, 3.8) is 0 Å². The van der Waals surface area contributed by atoms with Crippen molar-refractivity contribution in [3.05, 3.63) is 68.8 Å². The molecular formula is C18H8N2O2S2-2. The maximum Gasteiger partial charge on any atom is 0.286 e. The Kier molecular flexibility index (Phi) is 5.60. The lowest BCUT2D eigenvalue weighted by molar-refractivity contribution is -0.385. The van der Waals surface area contributed by atoms with E-state index >= 15 is 0 Å². The molecule has 0 radical (unpaired) electrons. The van der Waals surface area contributed by atoms with Crippen LogP contribution in [0.15, 0.2) is 36.4 Å². The lowest BCUT2D eigenvalue weighted by Gasteiger charge is -2.00. The van der Waals surface area contributed by atoms with E-state index in [-0.39, 0.29) is 11.3 Å². The van der Waals surface area contributed by atoms with Gasteiger partial charge in [-0.1, -0.05) is 23.7 Å². The molecule has 0 unspecified atom stereocenters. The average Bonchev–Trinajstić information content (AvgIpc) is 2.56. The molecule has 0 atom stereocenters. The van der Waals surface area contributed by atoms with Crippen LogP contribution in [0, 0.1) is 44.3 Å². The molecule has 0 heterocycles. The van der Waals surface area contributed by atoms with E-state index in [1.54, 1.807) is 24.3 Å². The SMILES string of the molecule is Nc1cc(C#Cc2ccc(C#C[S-])c([N+](=O)[O-])c2)ccc1C#C[S-]. The van der Waals surface area contributed by atoms with Crippen LogP contribution < -0.4 is 5.73 Å². The van der Waals surface area contributed by atoms with Crippen LogP contribution in [0.1, 0.15) is 22.3 Å². The molecule has 0 saturated heterocycles. The molecule has 0 aliphatic heterocycles. The molecule has 0 spiro atoms. The number of nitro groups is 1. The number of nitrogens with two attached hydrogens (primary N) is 1. The monoisotopic (exact) mass is 348 g/mol. The zero-order valence-corrected chi connectivity index (χ0v) is 13.8. The highest BCUT2D eigenvalue weighted by atomic mass is 32.1. The summed E-state index contributed by atoms with van der Waals surface area (Å²) in [6.07, 6.45) is 0. The van der Waals surface area contributed by atoms with Crippen LogP contribution in [0.25, 0.3) is 0 Å². The van der Waals surface area contributed by atoms with E-state index in [0.29, 0.717) is 22.4 Å². The number of hydrogen-bond donors (Lipinski definition) is 1. The first-order valence-electron chi connectivity index (χ1n) is 6.51. The Labute approximate surface area is 150 Å². The van der Waals surface area contributed by atoms with Gasteiger partial charge >= 0.3 is 0 Å². The molecule has 0 aliphatic carbocycles. The van der Waals surface area contributed by atoms with Gasteiger partial charge in [0.25, 0.3) is 5.69 Å². The molecule has 0 aliphatic rings. The lowest BCUT2D eigenvalue weighted by atomic mass is 10.1. The topological polar surface area (TPSA) is 69.2 Å². The van der Waals surface area contributed by atoms with Crippen molar-refractivity contribution in [2.24, 2.45) is 0 Å². The first kappa shape index (κ1) is 17.1. The second kappa shape index (κ2) is 7.85. The van der Waals surface area contributed by atoms with E-state index in [9.17, 15) is 10.1 Å². The maximum absolute atomic E-state index is 11.1. The molecule has 0 amide bonds. The largest absolute Gasteiger partial charge is 0.724 e. The Morgan fingerprint density at radius 2 is 1.42 bits per heavy atom. The van der Waals surface area contributed by atoms with E-state index in [4.69, 9.17) is 5.73 Å². The first-order chi connectivity index (χ1) is 11.5. The fourth-order valence-corrected chi connectivity index (χ4v) is 2.09. The molecule has 0 saturated carbocycles. The third-order valence-electron chi connectivity index (χ3n) is 2.97. The van der Waals surface area contributed by atoms with E-state index in [0.717, 1.165) is 0 Å². The summed E-state index contributed by atoms with van der Waals surface area (Å²) in [5.41, 5.74) is 8.26. The summed E-state index contributed by atoms with van der Waals surface area (Å²) in [6.45, 7) is 0. The highest BCUT2D eigenvalue weighted by molar-refractivity contribution is 7.64. The summed E-state index contributed by atoms with van der Waals surface area (Å²) in [5, 5.41) is 15.7. The van der Waals surface area contributed by atoms with Crippen molar-refractivity contribution in [3.8, 4) is 34.2 Å². The molecule has 24 heavy (non-hydrogen) atoms. The van der Waals surface area contributed by atoms with Gasteiger partial charge in [-0.25, -0.2) is 10.5 Å². The predicted molar refractivity (Wildman–Crippen MR) is 98.4 cm³/mol. The Morgan fingerprint density at radius 3 is 1.96 bits per heavy atom. The Balaban J connectivity index is 2.38. The minimum absolute atomic E-state index is 0.130. The summed E-state index contributed by atoms with van der Waals surface area (Å²) in [4.78, 5) is 10.6. The van der Waals surface area contributed by atoms with Gasteiger partial charge in [0.05, 0.1) is 4.92 Å². The highest BCUT2D eigenvalue weighted by Gasteiger charge is 2.11. The summed E-state index contributed by atoms with van der Waals surface area (Å²) in [5.74, 6) is 11.0. The van der Waals surface area contributed by atoms with Gasteiger partial charge in [-0.15, -0.1) is 0 Å². The van der Waals surface area contributed by atoms with Gasteiger partial charge in [0, 0.05) is 28.4 Å². The normalized spacial score (nSPS) is 8.67. The third-order valence-corrected chi connectivity index (χ3v) is 3.17. The summed E-state index contributed by atoms with van der Waals surface area (Å²) >= 11 is 9.12. The van der Waals surface area contributed by atoms with E-state index < -0.39 is 4.92 Å². The van der Waals surface area contributed by atoms with E-state index in [1.165, 1.54) is 12.1 Å². The van der Waals surface area contributed by atoms with Gasteiger partial charge in [-0.05, 0) is 30.3 Å². The number of benzene rings is 2. The molecule has 2 aromatic rings. The molecule has 6 heteroatoms. The van der Waals surface area contributed by atoms with Crippen molar-refractivity contribution in [1.29, 1.82) is 0 Å². The van der Waals surface area contributed by atoms with Crippen LogP contribution in [0.2, 0.25) is 0 Å². The minimum atomic E-state index is -0.513. The van der Waals surface area contributed by atoms with Crippen LogP contribution in [0.5, 0.6) is 0 Å². The standard InChI is InChI=1S/C18H10N2O2S2/c19-17-11-13(3-5-15(17)7-9-23)1-2-14-4-6-16(8-10-24)18(12-14)20(21)22/h3-6,11-12,23-24H,19H2/p-2. The molecule has 2 rings (SSSR count). The maximum atomic E-state index is 11.1. The summed E-state index contributed by atoms with van der Waals surface area (Å²) in [7, 11) is 0. The zero-order valence-electron chi connectivity index (χ0n) is 12.1. The summed E-state index contributed by atoms with van der Waals surface area (Å²) < 4.78 is 0. The number of nitrogen functional groups attached to an aromatic ring is 1. The molecule has 0 bridgehead atoms. The smallest absolute Gasteiger partial charge is 0.286 e. The molecular weight excluding hydrogens is 340 g/mol. The van der Waals surface area contributed by atoms with Gasteiger partial charge in [0.15, 0.2) is 0 Å². The summed E-state index contributed by atoms with van der Waals surface area (Å²) in [6, 6.07) is 9.69. The van der Waals surface area contributed by atoms with E-state index in [1.807, 2.05) is 0 Å². The Hall–Kier alpha value is -3.24.